The van der Waals surface area contributed by atoms with Gasteiger partial charge in [0.1, 0.15) is 11.5 Å². The van der Waals surface area contributed by atoms with Gasteiger partial charge in [0.15, 0.2) is 5.11 Å². The molecule has 8 heteroatoms. The number of carboxylic acid groups (broad SMARTS) is 1. The van der Waals surface area contributed by atoms with Gasteiger partial charge in [-0.1, -0.05) is 12.1 Å². The molecular formula is C19H18N2O5S. The van der Waals surface area contributed by atoms with E-state index >= 15 is 0 Å². The van der Waals surface area contributed by atoms with E-state index in [-0.39, 0.29) is 5.11 Å². The maximum atomic E-state index is 12.4. The van der Waals surface area contributed by atoms with Crippen molar-refractivity contribution in [2.75, 3.05) is 19.5 Å². The summed E-state index contributed by atoms with van der Waals surface area (Å²) in [6, 6.07) is 11.7. The van der Waals surface area contributed by atoms with Gasteiger partial charge in [0.25, 0.3) is 5.91 Å². The summed E-state index contributed by atoms with van der Waals surface area (Å²) in [6.45, 7) is 0. The van der Waals surface area contributed by atoms with E-state index in [1.165, 1.54) is 20.3 Å². The monoisotopic (exact) mass is 386 g/mol. The van der Waals surface area contributed by atoms with Crippen molar-refractivity contribution in [2.24, 2.45) is 0 Å². The number of nitrogens with one attached hydrogen (secondary N) is 2. The summed E-state index contributed by atoms with van der Waals surface area (Å²) in [5.74, 6) is -0.496. The summed E-state index contributed by atoms with van der Waals surface area (Å²) in [4.78, 5) is 23.0. The van der Waals surface area contributed by atoms with E-state index in [9.17, 15) is 9.59 Å². The number of hydrogen-bond donors (Lipinski definition) is 3. The molecule has 0 fully saturated rings. The fourth-order valence-electron chi connectivity index (χ4n) is 2.16. The average molecular weight is 386 g/mol. The zero-order valence-electron chi connectivity index (χ0n) is 14.7. The molecule has 0 radical (unpaired) electrons. The highest BCUT2D eigenvalue weighted by Crippen LogP contribution is 2.22. The topological polar surface area (TPSA) is 96.9 Å². The molecule has 0 aliphatic carbocycles. The maximum Gasteiger partial charge on any atom is 0.328 e. The summed E-state index contributed by atoms with van der Waals surface area (Å²) in [6.07, 6.45) is 2.49. The molecule has 0 aromatic heterocycles. The van der Waals surface area contributed by atoms with Crippen LogP contribution >= 0.6 is 12.2 Å². The fraction of sp³-hybridized carbons (Fsp3) is 0.105. The van der Waals surface area contributed by atoms with Gasteiger partial charge in [-0.15, -0.1) is 0 Å². The van der Waals surface area contributed by atoms with E-state index in [1.54, 1.807) is 42.5 Å². The van der Waals surface area contributed by atoms with Gasteiger partial charge in [-0.2, -0.15) is 0 Å². The van der Waals surface area contributed by atoms with E-state index in [2.05, 4.69) is 10.6 Å². The highest BCUT2D eigenvalue weighted by Gasteiger charge is 2.11. The molecule has 0 spiro atoms. The molecule has 2 aromatic carbocycles. The summed E-state index contributed by atoms with van der Waals surface area (Å²) in [5.41, 5.74) is 1.61. The number of carbonyl (C=O) groups excluding carboxylic acids is 1. The van der Waals surface area contributed by atoms with Crippen LogP contribution in [0.25, 0.3) is 6.08 Å². The minimum absolute atomic E-state index is 0.0983. The van der Waals surface area contributed by atoms with E-state index < -0.39 is 11.9 Å². The van der Waals surface area contributed by atoms with Crippen LogP contribution in [-0.2, 0) is 4.79 Å². The smallest absolute Gasteiger partial charge is 0.328 e. The van der Waals surface area contributed by atoms with E-state index in [4.69, 9.17) is 26.8 Å². The summed E-state index contributed by atoms with van der Waals surface area (Å²) < 4.78 is 10.3. The second-order valence-electron chi connectivity index (χ2n) is 5.31. The molecule has 140 valence electrons. The van der Waals surface area contributed by atoms with Crippen LogP contribution in [0.5, 0.6) is 11.5 Å². The lowest BCUT2D eigenvalue weighted by atomic mass is 10.2. The molecule has 0 aliphatic rings. The lowest BCUT2D eigenvalue weighted by Crippen LogP contribution is -2.34. The van der Waals surface area contributed by atoms with Gasteiger partial charge in [-0.3, -0.25) is 10.1 Å². The Morgan fingerprint density at radius 3 is 2.33 bits per heavy atom. The number of methoxy groups -OCH3 is 2. The molecular weight excluding hydrogens is 368 g/mol. The standard InChI is InChI=1S/C19H18N2O5S/c1-25-15-9-13(10-16(11-15)26-2)18(24)21-19(27)20-14-5-3-4-12(8-14)6-7-17(22)23/h3-11H,1-2H3,(H,22,23)(H2,20,21,24,27)/b7-6+. The van der Waals surface area contributed by atoms with Crippen LogP contribution < -0.4 is 20.1 Å². The van der Waals surface area contributed by atoms with Crippen LogP contribution in [0.15, 0.2) is 48.5 Å². The van der Waals surface area contributed by atoms with Crippen molar-refractivity contribution in [1.82, 2.24) is 5.32 Å². The van der Waals surface area contributed by atoms with Crippen LogP contribution in [-0.4, -0.2) is 36.3 Å². The average Bonchev–Trinajstić information content (AvgIpc) is 2.66. The van der Waals surface area contributed by atoms with Gasteiger partial charge in [0, 0.05) is 23.4 Å². The van der Waals surface area contributed by atoms with Gasteiger partial charge in [-0.05, 0) is 48.1 Å². The number of thiocarbonyl (C=S) groups is 1. The molecule has 3 N–H and O–H groups in total. The first kappa shape index (κ1) is 19.9. The number of benzene rings is 2. The molecule has 0 unspecified atom stereocenters. The first-order chi connectivity index (χ1) is 12.9. The number of amides is 1. The molecule has 0 saturated carbocycles. The minimum Gasteiger partial charge on any atom is -0.497 e. The van der Waals surface area contributed by atoms with E-state index in [0.717, 1.165) is 6.08 Å². The van der Waals surface area contributed by atoms with Crippen LogP contribution in [0.2, 0.25) is 0 Å². The SMILES string of the molecule is COc1cc(OC)cc(C(=O)NC(=S)Nc2cccc(/C=C/C(=O)O)c2)c1. The van der Waals surface area contributed by atoms with Crippen molar-refractivity contribution < 1.29 is 24.2 Å². The van der Waals surface area contributed by atoms with Gasteiger partial charge < -0.3 is 19.9 Å². The summed E-state index contributed by atoms with van der Waals surface area (Å²) >= 11 is 5.17. The van der Waals surface area contributed by atoms with E-state index in [0.29, 0.717) is 28.3 Å². The number of carboxylic acids is 1. The number of aliphatic carboxylic acids is 1. The predicted octanol–water partition coefficient (Wildman–Crippen LogP) is 2.93. The Hall–Kier alpha value is -3.39. The number of ether oxygens (including phenoxy) is 2. The normalized spacial score (nSPS) is 10.3. The Morgan fingerprint density at radius 1 is 1.07 bits per heavy atom. The number of hydrogen-bond acceptors (Lipinski definition) is 5. The van der Waals surface area contributed by atoms with Crippen LogP contribution in [0.4, 0.5) is 5.69 Å². The molecule has 1 amide bonds. The van der Waals surface area contributed by atoms with Gasteiger partial charge in [0.05, 0.1) is 14.2 Å². The second-order valence-corrected chi connectivity index (χ2v) is 5.71. The Bertz CT molecular complexity index is 873. The van der Waals surface area contributed by atoms with Gasteiger partial charge in [-0.25, -0.2) is 4.79 Å². The zero-order valence-corrected chi connectivity index (χ0v) is 15.5. The van der Waals surface area contributed by atoms with Crippen LogP contribution in [0.1, 0.15) is 15.9 Å². The third-order valence-electron chi connectivity index (χ3n) is 3.40. The minimum atomic E-state index is -1.04. The zero-order chi connectivity index (χ0) is 19.8. The van der Waals surface area contributed by atoms with Crippen molar-refractivity contribution >= 4 is 41.0 Å². The second kappa shape index (κ2) is 9.35. The molecule has 7 nitrogen and oxygen atoms in total. The predicted molar refractivity (Wildman–Crippen MR) is 106 cm³/mol. The highest BCUT2D eigenvalue weighted by molar-refractivity contribution is 7.80. The highest BCUT2D eigenvalue weighted by atomic mass is 32.1. The molecule has 2 aromatic rings. The first-order valence-electron chi connectivity index (χ1n) is 7.77. The van der Waals surface area contributed by atoms with Crippen molar-refractivity contribution in [3.63, 3.8) is 0 Å². The van der Waals surface area contributed by atoms with Crippen molar-refractivity contribution in [3.05, 3.63) is 59.7 Å². The van der Waals surface area contributed by atoms with Crippen LogP contribution in [0.3, 0.4) is 0 Å². The molecule has 0 atom stereocenters. The number of carbonyl (C=O) groups is 2. The lowest BCUT2D eigenvalue weighted by Gasteiger charge is -2.11. The molecule has 0 heterocycles. The summed E-state index contributed by atoms with van der Waals surface area (Å²) in [7, 11) is 2.99. The first-order valence-corrected chi connectivity index (χ1v) is 8.18. The molecule has 27 heavy (non-hydrogen) atoms. The third-order valence-corrected chi connectivity index (χ3v) is 3.61. The van der Waals surface area contributed by atoms with Crippen LogP contribution in [0, 0.1) is 0 Å². The Morgan fingerprint density at radius 2 is 1.74 bits per heavy atom. The third kappa shape index (κ3) is 6.12. The van der Waals surface area contributed by atoms with Crippen molar-refractivity contribution in [1.29, 1.82) is 0 Å². The number of rotatable bonds is 6. The molecule has 0 saturated heterocycles. The fourth-order valence-corrected chi connectivity index (χ4v) is 2.37. The van der Waals surface area contributed by atoms with E-state index in [1.807, 2.05) is 0 Å². The van der Waals surface area contributed by atoms with Crippen molar-refractivity contribution in [3.8, 4) is 11.5 Å². The Labute approximate surface area is 161 Å². The molecule has 2 rings (SSSR count). The van der Waals surface area contributed by atoms with Crippen molar-refractivity contribution in [2.45, 2.75) is 0 Å². The van der Waals surface area contributed by atoms with Gasteiger partial charge in [0.2, 0.25) is 0 Å². The molecule has 0 bridgehead atoms. The Kier molecular flexibility index (Phi) is 6.90. The molecule has 0 aliphatic heterocycles. The number of anilines is 1. The maximum absolute atomic E-state index is 12.4. The lowest BCUT2D eigenvalue weighted by molar-refractivity contribution is -0.131. The summed E-state index contributed by atoms with van der Waals surface area (Å²) in [5, 5.41) is 14.2. The quantitative estimate of drug-likeness (QED) is 0.519. The van der Waals surface area contributed by atoms with Gasteiger partial charge >= 0.3 is 5.97 Å². The Balaban J connectivity index is 2.06. The largest absolute Gasteiger partial charge is 0.497 e.